The molecule has 45 heavy (non-hydrogen) atoms. The van der Waals surface area contributed by atoms with Crippen LogP contribution < -0.4 is 0 Å². The molecule has 0 radical (unpaired) electrons. The van der Waals surface area contributed by atoms with Gasteiger partial charge in [0.1, 0.15) is 11.2 Å². The molecule has 9 aromatic rings. The molecule has 7 aromatic carbocycles. The second kappa shape index (κ2) is 10.2. The minimum Gasteiger partial charge on any atom is -0.456 e. The van der Waals surface area contributed by atoms with E-state index in [9.17, 15) is 0 Å². The topological polar surface area (TPSA) is 51.8 Å². The number of fused-ring (bicyclic) bond motifs is 5. The number of rotatable bonds is 4. The van der Waals surface area contributed by atoms with E-state index < -0.39 is 0 Å². The average Bonchev–Trinajstić information content (AvgIpc) is 3.50. The predicted molar refractivity (Wildman–Crippen MR) is 184 cm³/mol. The molecule has 0 atom stereocenters. The standard InChI is InChI=1S/C41H25N3O/c1-2-10-26(11-3-1)28-20-21-30-25-31(23-22-29(30)24-28)39-42-40(33-16-8-13-27-12-4-5-14-32(27)33)44-41(43-39)35-17-9-19-37-38(35)34-15-6-7-18-36(34)45-37/h1-25H. The van der Waals surface area contributed by atoms with Crippen LogP contribution in [-0.4, -0.2) is 15.0 Å². The second-order valence-electron chi connectivity index (χ2n) is 11.3. The molecule has 0 amide bonds. The van der Waals surface area contributed by atoms with Gasteiger partial charge >= 0.3 is 0 Å². The number of hydrogen-bond acceptors (Lipinski definition) is 4. The predicted octanol–water partition coefficient (Wildman–Crippen LogP) is 10.7. The van der Waals surface area contributed by atoms with E-state index in [1.165, 1.54) is 16.5 Å². The molecule has 0 aliphatic heterocycles. The van der Waals surface area contributed by atoms with Gasteiger partial charge in [-0.1, -0.05) is 127 Å². The lowest BCUT2D eigenvalue weighted by Gasteiger charge is -2.11. The number of nitrogens with zero attached hydrogens (tertiary/aromatic N) is 3. The van der Waals surface area contributed by atoms with Crippen molar-refractivity contribution in [2.75, 3.05) is 0 Å². The first-order chi connectivity index (χ1) is 22.3. The van der Waals surface area contributed by atoms with Crippen molar-refractivity contribution in [2.24, 2.45) is 0 Å². The summed E-state index contributed by atoms with van der Waals surface area (Å²) in [6, 6.07) is 52.3. The van der Waals surface area contributed by atoms with Crippen molar-refractivity contribution >= 4 is 43.5 Å². The van der Waals surface area contributed by atoms with Gasteiger partial charge in [-0.05, 0) is 56.9 Å². The molecule has 0 bridgehead atoms. The third-order valence-corrected chi connectivity index (χ3v) is 8.51. The lowest BCUT2D eigenvalue weighted by molar-refractivity contribution is 0.669. The fraction of sp³-hybridized carbons (Fsp3) is 0. The minimum absolute atomic E-state index is 0.611. The molecule has 0 aliphatic rings. The molecule has 0 saturated carbocycles. The summed E-state index contributed by atoms with van der Waals surface area (Å²) in [4.78, 5) is 15.4. The number of aromatic nitrogens is 3. The fourth-order valence-electron chi connectivity index (χ4n) is 6.32. The zero-order valence-corrected chi connectivity index (χ0v) is 24.2. The Bertz CT molecular complexity index is 2540. The highest BCUT2D eigenvalue weighted by molar-refractivity contribution is 6.11. The van der Waals surface area contributed by atoms with Crippen LogP contribution in [0.25, 0.3) is 88.8 Å². The molecule has 9 rings (SSSR count). The van der Waals surface area contributed by atoms with E-state index >= 15 is 0 Å². The molecule has 0 spiro atoms. The summed E-state index contributed by atoms with van der Waals surface area (Å²) in [6.45, 7) is 0. The third kappa shape index (κ3) is 4.35. The average molecular weight is 576 g/mol. The first-order valence-electron chi connectivity index (χ1n) is 15.0. The van der Waals surface area contributed by atoms with Crippen LogP contribution in [0.3, 0.4) is 0 Å². The molecule has 0 saturated heterocycles. The molecule has 0 unspecified atom stereocenters. The number of para-hydroxylation sites is 1. The Morgan fingerprint density at radius 1 is 0.356 bits per heavy atom. The second-order valence-corrected chi connectivity index (χ2v) is 11.3. The maximum Gasteiger partial charge on any atom is 0.164 e. The Hall–Kier alpha value is -6.13. The minimum atomic E-state index is 0.611. The van der Waals surface area contributed by atoms with Crippen molar-refractivity contribution in [3.63, 3.8) is 0 Å². The molecule has 0 aliphatic carbocycles. The normalized spacial score (nSPS) is 11.6. The van der Waals surface area contributed by atoms with Crippen LogP contribution >= 0.6 is 0 Å². The molecular weight excluding hydrogens is 550 g/mol. The van der Waals surface area contributed by atoms with E-state index in [1.54, 1.807) is 0 Å². The molecule has 0 N–H and O–H groups in total. The van der Waals surface area contributed by atoms with Crippen molar-refractivity contribution in [1.29, 1.82) is 0 Å². The zero-order chi connectivity index (χ0) is 29.7. The summed E-state index contributed by atoms with van der Waals surface area (Å²) >= 11 is 0. The van der Waals surface area contributed by atoms with E-state index in [-0.39, 0.29) is 0 Å². The SMILES string of the molecule is c1ccc(-c2ccc3cc(-c4nc(-c5cccc6ccccc56)nc(-c5cccc6oc7ccccc7c56)n4)ccc3c2)cc1. The van der Waals surface area contributed by atoms with Crippen molar-refractivity contribution in [3.05, 3.63) is 152 Å². The summed E-state index contributed by atoms with van der Waals surface area (Å²) in [5.41, 5.74) is 6.86. The summed E-state index contributed by atoms with van der Waals surface area (Å²) in [7, 11) is 0. The van der Waals surface area contributed by atoms with Crippen LogP contribution in [0.2, 0.25) is 0 Å². The summed E-state index contributed by atoms with van der Waals surface area (Å²) in [5.74, 6) is 1.87. The molecular formula is C41H25N3O. The van der Waals surface area contributed by atoms with Crippen molar-refractivity contribution in [1.82, 2.24) is 15.0 Å². The van der Waals surface area contributed by atoms with Crippen molar-refractivity contribution < 1.29 is 4.42 Å². The first-order valence-corrected chi connectivity index (χ1v) is 15.0. The highest BCUT2D eigenvalue weighted by Crippen LogP contribution is 2.37. The van der Waals surface area contributed by atoms with Gasteiger partial charge in [0.25, 0.3) is 0 Å². The van der Waals surface area contributed by atoms with Crippen LogP contribution in [0, 0.1) is 0 Å². The highest BCUT2D eigenvalue weighted by atomic mass is 16.3. The van der Waals surface area contributed by atoms with E-state index in [0.717, 1.165) is 54.8 Å². The van der Waals surface area contributed by atoms with Gasteiger partial charge < -0.3 is 4.42 Å². The number of furan rings is 1. The monoisotopic (exact) mass is 575 g/mol. The van der Waals surface area contributed by atoms with Crippen molar-refractivity contribution in [2.45, 2.75) is 0 Å². The van der Waals surface area contributed by atoms with Gasteiger partial charge in [0.15, 0.2) is 17.5 Å². The zero-order valence-electron chi connectivity index (χ0n) is 24.2. The summed E-state index contributed by atoms with van der Waals surface area (Å²) in [5, 5.41) is 6.57. The lowest BCUT2D eigenvalue weighted by atomic mass is 9.99. The van der Waals surface area contributed by atoms with Gasteiger partial charge in [0.05, 0.1) is 0 Å². The smallest absolute Gasteiger partial charge is 0.164 e. The van der Waals surface area contributed by atoms with Crippen LogP contribution in [-0.2, 0) is 0 Å². The van der Waals surface area contributed by atoms with Gasteiger partial charge in [-0.2, -0.15) is 0 Å². The quantitative estimate of drug-likeness (QED) is 0.209. The highest BCUT2D eigenvalue weighted by Gasteiger charge is 2.18. The van der Waals surface area contributed by atoms with E-state index in [2.05, 4.69) is 115 Å². The molecule has 0 fully saturated rings. The van der Waals surface area contributed by atoms with Gasteiger partial charge in [0.2, 0.25) is 0 Å². The molecule has 2 aromatic heterocycles. The van der Waals surface area contributed by atoms with E-state index in [1.807, 2.05) is 36.4 Å². The third-order valence-electron chi connectivity index (χ3n) is 8.51. The molecule has 4 heteroatoms. The van der Waals surface area contributed by atoms with Crippen LogP contribution in [0.5, 0.6) is 0 Å². The fourth-order valence-corrected chi connectivity index (χ4v) is 6.32. The summed E-state index contributed by atoms with van der Waals surface area (Å²) in [6.07, 6.45) is 0. The first kappa shape index (κ1) is 25.4. The van der Waals surface area contributed by atoms with E-state index in [0.29, 0.717) is 17.5 Å². The molecule has 4 nitrogen and oxygen atoms in total. The number of benzene rings is 7. The van der Waals surface area contributed by atoms with Gasteiger partial charge in [-0.15, -0.1) is 0 Å². The maximum absolute atomic E-state index is 6.22. The maximum atomic E-state index is 6.22. The van der Waals surface area contributed by atoms with Crippen molar-refractivity contribution in [3.8, 4) is 45.3 Å². The van der Waals surface area contributed by atoms with Gasteiger partial charge in [0, 0.05) is 27.5 Å². The Kier molecular flexibility index (Phi) is 5.78. The Balaban J connectivity index is 1.27. The van der Waals surface area contributed by atoms with Gasteiger partial charge in [-0.3, -0.25) is 0 Å². The summed E-state index contributed by atoms with van der Waals surface area (Å²) < 4.78 is 6.22. The molecule has 2 heterocycles. The number of hydrogen-bond donors (Lipinski definition) is 0. The van der Waals surface area contributed by atoms with Gasteiger partial charge in [-0.25, -0.2) is 15.0 Å². The Labute approximate surface area is 259 Å². The molecule has 210 valence electrons. The Morgan fingerprint density at radius 2 is 0.956 bits per heavy atom. The largest absolute Gasteiger partial charge is 0.456 e. The van der Waals surface area contributed by atoms with Crippen LogP contribution in [0.4, 0.5) is 0 Å². The van der Waals surface area contributed by atoms with E-state index in [4.69, 9.17) is 19.4 Å². The Morgan fingerprint density at radius 3 is 1.82 bits per heavy atom. The lowest BCUT2D eigenvalue weighted by Crippen LogP contribution is -2.01. The van der Waals surface area contributed by atoms with Crippen LogP contribution in [0.1, 0.15) is 0 Å². The van der Waals surface area contributed by atoms with Crippen LogP contribution in [0.15, 0.2) is 156 Å².